The largest absolute Gasteiger partial charge is 0.416 e. The van der Waals surface area contributed by atoms with Crippen molar-refractivity contribution in [1.82, 2.24) is 9.97 Å². The molecule has 2 rings (SSSR count). The van der Waals surface area contributed by atoms with Gasteiger partial charge in [0.25, 0.3) is 0 Å². The second-order valence-corrected chi connectivity index (χ2v) is 5.03. The van der Waals surface area contributed by atoms with Gasteiger partial charge >= 0.3 is 6.18 Å². The fourth-order valence-electron chi connectivity index (χ4n) is 1.63. The highest BCUT2D eigenvalue weighted by atomic mass is 79.9. The van der Waals surface area contributed by atoms with Gasteiger partial charge in [0.05, 0.1) is 11.3 Å². The first kappa shape index (κ1) is 15.5. The van der Waals surface area contributed by atoms with Crippen molar-refractivity contribution < 1.29 is 13.2 Å². The van der Waals surface area contributed by atoms with Crippen LogP contribution in [0.15, 0.2) is 28.7 Å². The average Bonchev–Trinajstić information content (AvgIpc) is 2.39. The number of halogens is 4. The lowest BCUT2D eigenvalue weighted by molar-refractivity contribution is -0.137. The number of hydrazine groups is 1. The van der Waals surface area contributed by atoms with E-state index in [0.717, 1.165) is 12.1 Å². The van der Waals surface area contributed by atoms with Gasteiger partial charge in [-0.1, -0.05) is 0 Å². The lowest BCUT2D eigenvalue weighted by atomic mass is 10.2. The molecule has 0 aliphatic carbocycles. The van der Waals surface area contributed by atoms with Crippen molar-refractivity contribution in [2.24, 2.45) is 5.84 Å². The average molecular weight is 362 g/mol. The van der Waals surface area contributed by atoms with Crippen molar-refractivity contribution in [2.75, 3.05) is 10.7 Å². The Kier molecular flexibility index (Phi) is 4.33. The van der Waals surface area contributed by atoms with Gasteiger partial charge in [-0.2, -0.15) is 18.2 Å². The molecule has 2 aromatic rings. The summed E-state index contributed by atoms with van der Waals surface area (Å²) in [5, 5.41) is 2.81. The minimum Gasteiger partial charge on any atom is -0.339 e. The van der Waals surface area contributed by atoms with Crippen LogP contribution in [0.4, 0.5) is 30.6 Å². The Morgan fingerprint density at radius 2 is 1.90 bits per heavy atom. The van der Waals surface area contributed by atoms with Gasteiger partial charge in [0, 0.05) is 16.2 Å². The SMILES string of the molecule is Cc1cc(Nc2cc(C(F)(F)F)ccc2Br)nc(NN)n1. The molecule has 0 amide bonds. The topological polar surface area (TPSA) is 75.9 Å². The summed E-state index contributed by atoms with van der Waals surface area (Å²) in [6, 6.07) is 4.90. The number of anilines is 3. The molecule has 1 aromatic carbocycles. The number of nitrogens with one attached hydrogen (secondary N) is 2. The fraction of sp³-hybridized carbons (Fsp3) is 0.167. The molecule has 0 unspecified atom stereocenters. The maximum atomic E-state index is 12.7. The van der Waals surface area contributed by atoms with Crippen LogP contribution in [-0.4, -0.2) is 9.97 Å². The van der Waals surface area contributed by atoms with Crippen LogP contribution in [-0.2, 0) is 6.18 Å². The molecule has 0 saturated heterocycles. The van der Waals surface area contributed by atoms with Crippen molar-refractivity contribution in [3.63, 3.8) is 0 Å². The van der Waals surface area contributed by atoms with Crippen molar-refractivity contribution in [1.29, 1.82) is 0 Å². The Hall–Kier alpha value is -1.87. The second kappa shape index (κ2) is 5.86. The zero-order valence-electron chi connectivity index (χ0n) is 10.8. The summed E-state index contributed by atoms with van der Waals surface area (Å²) < 4.78 is 38.7. The molecule has 0 saturated carbocycles. The summed E-state index contributed by atoms with van der Waals surface area (Å²) in [5.41, 5.74) is 2.39. The van der Waals surface area contributed by atoms with Crippen LogP contribution in [0.2, 0.25) is 0 Å². The Morgan fingerprint density at radius 3 is 2.52 bits per heavy atom. The molecular formula is C12H11BrF3N5. The molecule has 112 valence electrons. The van der Waals surface area contributed by atoms with E-state index in [1.165, 1.54) is 6.07 Å². The first-order chi connectivity index (χ1) is 9.79. The molecule has 0 atom stereocenters. The molecule has 0 fully saturated rings. The third-order valence-electron chi connectivity index (χ3n) is 2.54. The molecule has 1 aromatic heterocycles. The number of nitrogens with zero attached hydrogens (tertiary/aromatic N) is 2. The number of nitrogens with two attached hydrogens (primary N) is 1. The minimum absolute atomic E-state index is 0.167. The van der Waals surface area contributed by atoms with E-state index in [2.05, 4.69) is 36.6 Å². The molecule has 9 heteroatoms. The quantitative estimate of drug-likeness (QED) is 0.575. The smallest absolute Gasteiger partial charge is 0.339 e. The molecule has 0 spiro atoms. The van der Waals surface area contributed by atoms with E-state index in [4.69, 9.17) is 5.84 Å². The van der Waals surface area contributed by atoms with Crippen molar-refractivity contribution >= 4 is 33.4 Å². The molecular weight excluding hydrogens is 351 g/mol. The first-order valence-corrected chi connectivity index (χ1v) is 6.55. The number of nitrogen functional groups attached to an aromatic ring is 1. The first-order valence-electron chi connectivity index (χ1n) is 5.75. The van der Waals surface area contributed by atoms with E-state index >= 15 is 0 Å². The van der Waals surface area contributed by atoms with E-state index in [-0.39, 0.29) is 11.6 Å². The van der Waals surface area contributed by atoms with E-state index in [1.54, 1.807) is 13.0 Å². The molecule has 5 nitrogen and oxygen atoms in total. The fourth-order valence-corrected chi connectivity index (χ4v) is 1.98. The molecule has 0 radical (unpaired) electrons. The zero-order chi connectivity index (χ0) is 15.6. The highest BCUT2D eigenvalue weighted by Gasteiger charge is 2.30. The van der Waals surface area contributed by atoms with Gasteiger partial charge < -0.3 is 5.32 Å². The van der Waals surface area contributed by atoms with E-state index in [1.807, 2.05) is 0 Å². The maximum absolute atomic E-state index is 12.7. The maximum Gasteiger partial charge on any atom is 0.416 e. The van der Waals surface area contributed by atoms with Crippen LogP contribution >= 0.6 is 15.9 Å². The molecule has 1 heterocycles. The van der Waals surface area contributed by atoms with Crippen LogP contribution in [0.3, 0.4) is 0 Å². The number of rotatable bonds is 3. The number of aryl methyl sites for hydroxylation is 1. The van der Waals surface area contributed by atoms with Gasteiger partial charge in [0.15, 0.2) is 0 Å². The third kappa shape index (κ3) is 3.82. The van der Waals surface area contributed by atoms with E-state index in [0.29, 0.717) is 16.0 Å². The highest BCUT2D eigenvalue weighted by Crippen LogP contribution is 2.34. The Morgan fingerprint density at radius 1 is 1.19 bits per heavy atom. The second-order valence-electron chi connectivity index (χ2n) is 4.18. The Balaban J connectivity index is 2.37. The van der Waals surface area contributed by atoms with E-state index < -0.39 is 11.7 Å². The lowest BCUT2D eigenvalue weighted by Gasteiger charge is -2.13. The van der Waals surface area contributed by atoms with Crippen LogP contribution in [0.1, 0.15) is 11.3 Å². The lowest BCUT2D eigenvalue weighted by Crippen LogP contribution is -2.12. The summed E-state index contributed by atoms with van der Waals surface area (Å²) in [6.07, 6.45) is -4.41. The summed E-state index contributed by atoms with van der Waals surface area (Å²) in [4.78, 5) is 8.01. The third-order valence-corrected chi connectivity index (χ3v) is 3.23. The number of hydrogen-bond acceptors (Lipinski definition) is 5. The van der Waals surface area contributed by atoms with Crippen molar-refractivity contribution in [2.45, 2.75) is 13.1 Å². The zero-order valence-corrected chi connectivity index (χ0v) is 12.4. The van der Waals surface area contributed by atoms with Crippen molar-refractivity contribution in [3.8, 4) is 0 Å². The van der Waals surface area contributed by atoms with Gasteiger partial charge in [0.2, 0.25) is 5.95 Å². The van der Waals surface area contributed by atoms with Crippen LogP contribution in [0.5, 0.6) is 0 Å². The summed E-state index contributed by atoms with van der Waals surface area (Å²) in [5.74, 6) is 5.73. The standard InChI is InChI=1S/C12H11BrF3N5/c1-6-4-10(20-11(18-6)21-17)19-9-5-7(12(14,15)16)2-3-8(9)13/h2-5H,17H2,1H3,(H2,18,19,20,21). The van der Waals surface area contributed by atoms with E-state index in [9.17, 15) is 13.2 Å². The number of aromatic nitrogens is 2. The number of hydrogen-bond donors (Lipinski definition) is 3. The predicted molar refractivity (Wildman–Crippen MR) is 77.0 cm³/mol. The monoisotopic (exact) mass is 361 g/mol. The van der Waals surface area contributed by atoms with Gasteiger partial charge in [-0.25, -0.2) is 10.8 Å². The Bertz CT molecular complexity index is 660. The van der Waals surface area contributed by atoms with Crippen molar-refractivity contribution in [3.05, 3.63) is 40.0 Å². The molecule has 0 aliphatic rings. The molecule has 21 heavy (non-hydrogen) atoms. The van der Waals surface area contributed by atoms with Gasteiger partial charge in [-0.15, -0.1) is 0 Å². The summed E-state index contributed by atoms with van der Waals surface area (Å²) in [6.45, 7) is 1.72. The number of alkyl halides is 3. The minimum atomic E-state index is -4.41. The van der Waals surface area contributed by atoms with Gasteiger partial charge in [-0.3, -0.25) is 5.43 Å². The summed E-state index contributed by atoms with van der Waals surface area (Å²) in [7, 11) is 0. The predicted octanol–water partition coefficient (Wildman–Crippen LogP) is 3.60. The molecule has 0 bridgehead atoms. The van der Waals surface area contributed by atoms with Crippen LogP contribution < -0.4 is 16.6 Å². The molecule has 0 aliphatic heterocycles. The summed E-state index contributed by atoms with van der Waals surface area (Å²) >= 11 is 3.20. The van der Waals surface area contributed by atoms with Crippen LogP contribution in [0.25, 0.3) is 0 Å². The normalized spacial score (nSPS) is 11.3. The number of benzene rings is 1. The molecule has 4 N–H and O–H groups in total. The Labute approximate surface area is 126 Å². The van der Waals surface area contributed by atoms with Gasteiger partial charge in [-0.05, 0) is 41.1 Å². The van der Waals surface area contributed by atoms with Crippen LogP contribution in [0, 0.1) is 6.92 Å². The van der Waals surface area contributed by atoms with Gasteiger partial charge in [0.1, 0.15) is 5.82 Å². The highest BCUT2D eigenvalue weighted by molar-refractivity contribution is 9.10.